The molecule has 0 radical (unpaired) electrons. The van der Waals surface area contributed by atoms with Gasteiger partial charge in [0, 0.05) is 19.0 Å². The van der Waals surface area contributed by atoms with Crippen LogP contribution in [-0.4, -0.2) is 30.1 Å². The molecule has 5 nitrogen and oxygen atoms in total. The Labute approximate surface area is 111 Å². The number of hydrogen-bond donors (Lipinski definition) is 1. The number of alkyl halides is 2. The number of carboxylic acids is 1. The second kappa shape index (κ2) is 5.40. The standard InChI is InChI=1S/C12H10F3NO4/c13-7-1-2-8(9(4-7)20-12(14)15)16-5-6(11(18)19)3-10(16)17/h1-2,4,6,12H,3,5H2,(H,18,19). The molecule has 0 spiro atoms. The topological polar surface area (TPSA) is 66.8 Å². The van der Waals surface area contributed by atoms with Gasteiger partial charge in [0.25, 0.3) is 0 Å². The number of amides is 1. The molecule has 108 valence electrons. The number of carbonyl (C=O) groups is 2. The van der Waals surface area contributed by atoms with Gasteiger partial charge in [0.2, 0.25) is 5.91 Å². The van der Waals surface area contributed by atoms with Crippen LogP contribution in [0.4, 0.5) is 18.9 Å². The highest BCUT2D eigenvalue weighted by Crippen LogP contribution is 2.34. The van der Waals surface area contributed by atoms with E-state index in [9.17, 15) is 22.8 Å². The third-order valence-corrected chi connectivity index (χ3v) is 2.90. The number of ether oxygens (including phenoxy) is 1. The lowest BCUT2D eigenvalue weighted by Gasteiger charge is -2.19. The molecule has 0 aliphatic carbocycles. The van der Waals surface area contributed by atoms with Crippen molar-refractivity contribution in [2.75, 3.05) is 11.4 Å². The molecule has 1 aliphatic heterocycles. The molecule has 1 atom stereocenters. The van der Waals surface area contributed by atoms with Crippen LogP contribution in [-0.2, 0) is 9.59 Å². The van der Waals surface area contributed by atoms with Crippen LogP contribution in [0, 0.1) is 11.7 Å². The normalized spacial score (nSPS) is 18.7. The molecule has 1 saturated heterocycles. The highest BCUT2D eigenvalue weighted by Gasteiger charge is 2.36. The summed E-state index contributed by atoms with van der Waals surface area (Å²) in [6.07, 6.45) is -0.235. The Kier molecular flexibility index (Phi) is 3.82. The SMILES string of the molecule is O=C(O)C1CC(=O)N(c2ccc(F)cc2OC(F)F)C1. The van der Waals surface area contributed by atoms with Gasteiger partial charge >= 0.3 is 12.6 Å². The summed E-state index contributed by atoms with van der Waals surface area (Å²) in [4.78, 5) is 23.6. The van der Waals surface area contributed by atoms with Gasteiger partial charge in [-0.15, -0.1) is 0 Å². The minimum Gasteiger partial charge on any atom is -0.481 e. The van der Waals surface area contributed by atoms with Gasteiger partial charge in [-0.3, -0.25) is 9.59 Å². The first-order chi connectivity index (χ1) is 9.38. The molecule has 2 rings (SSSR count). The highest BCUT2D eigenvalue weighted by molar-refractivity contribution is 6.00. The Balaban J connectivity index is 2.32. The third kappa shape index (κ3) is 2.84. The van der Waals surface area contributed by atoms with Crippen molar-refractivity contribution >= 4 is 17.6 Å². The molecular weight excluding hydrogens is 279 g/mol. The average molecular weight is 289 g/mol. The lowest BCUT2D eigenvalue weighted by molar-refractivity contribution is -0.141. The number of halogens is 3. The van der Waals surface area contributed by atoms with Gasteiger partial charge in [-0.1, -0.05) is 0 Å². The number of carbonyl (C=O) groups excluding carboxylic acids is 1. The van der Waals surface area contributed by atoms with E-state index < -0.39 is 36.0 Å². The van der Waals surface area contributed by atoms with E-state index in [1.165, 1.54) is 0 Å². The van der Waals surface area contributed by atoms with Crippen LogP contribution in [0.15, 0.2) is 18.2 Å². The monoisotopic (exact) mass is 289 g/mol. The molecule has 0 saturated carbocycles. The molecule has 1 N–H and O–H groups in total. The van der Waals surface area contributed by atoms with Gasteiger partial charge in [-0.05, 0) is 12.1 Å². The molecule has 1 aliphatic rings. The van der Waals surface area contributed by atoms with Crippen molar-refractivity contribution in [2.24, 2.45) is 5.92 Å². The van der Waals surface area contributed by atoms with Crippen LogP contribution in [0.2, 0.25) is 0 Å². The summed E-state index contributed by atoms with van der Waals surface area (Å²) in [5, 5.41) is 8.86. The zero-order chi connectivity index (χ0) is 14.9. The van der Waals surface area contributed by atoms with Gasteiger partial charge in [-0.25, -0.2) is 4.39 Å². The molecule has 1 amide bonds. The maximum absolute atomic E-state index is 13.1. The number of anilines is 1. The van der Waals surface area contributed by atoms with Crippen molar-refractivity contribution in [3.8, 4) is 5.75 Å². The molecule has 1 heterocycles. The summed E-state index contributed by atoms with van der Waals surface area (Å²) in [6.45, 7) is -3.34. The van der Waals surface area contributed by atoms with E-state index in [0.717, 1.165) is 23.1 Å². The average Bonchev–Trinajstić information content (AvgIpc) is 2.71. The molecule has 1 fully saturated rings. The van der Waals surface area contributed by atoms with Crippen molar-refractivity contribution in [1.82, 2.24) is 0 Å². The fourth-order valence-electron chi connectivity index (χ4n) is 2.01. The molecule has 0 bridgehead atoms. The van der Waals surface area contributed by atoms with Gasteiger partial charge in [-0.2, -0.15) is 8.78 Å². The quantitative estimate of drug-likeness (QED) is 0.918. The van der Waals surface area contributed by atoms with Crippen molar-refractivity contribution in [3.63, 3.8) is 0 Å². The van der Waals surface area contributed by atoms with E-state index in [-0.39, 0.29) is 18.7 Å². The number of hydrogen-bond acceptors (Lipinski definition) is 3. The summed E-state index contributed by atoms with van der Waals surface area (Å²) < 4.78 is 41.8. The van der Waals surface area contributed by atoms with Crippen molar-refractivity contribution in [3.05, 3.63) is 24.0 Å². The van der Waals surface area contributed by atoms with E-state index in [0.29, 0.717) is 0 Å². The number of rotatable bonds is 4. The van der Waals surface area contributed by atoms with Gasteiger partial charge in [0.1, 0.15) is 5.82 Å². The van der Waals surface area contributed by atoms with Crippen LogP contribution in [0.25, 0.3) is 0 Å². The number of aliphatic carboxylic acids is 1. The molecule has 1 aromatic carbocycles. The van der Waals surface area contributed by atoms with Gasteiger partial charge in [0.05, 0.1) is 11.6 Å². The van der Waals surface area contributed by atoms with E-state index >= 15 is 0 Å². The largest absolute Gasteiger partial charge is 0.481 e. The smallest absolute Gasteiger partial charge is 0.387 e. The molecule has 0 aromatic heterocycles. The lowest BCUT2D eigenvalue weighted by atomic mass is 10.1. The fraction of sp³-hybridized carbons (Fsp3) is 0.333. The number of benzene rings is 1. The zero-order valence-electron chi connectivity index (χ0n) is 10.1. The van der Waals surface area contributed by atoms with Crippen molar-refractivity contribution in [1.29, 1.82) is 0 Å². The molecule has 1 aromatic rings. The second-order valence-electron chi connectivity index (χ2n) is 4.23. The summed E-state index contributed by atoms with van der Waals surface area (Å²) in [6, 6.07) is 2.81. The van der Waals surface area contributed by atoms with E-state index in [2.05, 4.69) is 4.74 Å². The zero-order valence-corrected chi connectivity index (χ0v) is 10.1. The highest BCUT2D eigenvalue weighted by atomic mass is 19.3. The second-order valence-corrected chi connectivity index (χ2v) is 4.23. The minimum atomic E-state index is -3.18. The summed E-state index contributed by atoms with van der Waals surface area (Å²) >= 11 is 0. The summed E-state index contributed by atoms with van der Waals surface area (Å²) in [7, 11) is 0. The predicted octanol–water partition coefficient (Wildman–Crippen LogP) is 1.86. The number of carboxylic acid groups (broad SMARTS) is 1. The first kappa shape index (κ1) is 14.2. The van der Waals surface area contributed by atoms with Crippen LogP contribution in [0.1, 0.15) is 6.42 Å². The maximum atomic E-state index is 13.1. The summed E-state index contributed by atoms with van der Waals surface area (Å²) in [5.74, 6) is -3.92. The minimum absolute atomic E-state index is 0.0690. The number of nitrogens with zero attached hydrogens (tertiary/aromatic N) is 1. The van der Waals surface area contributed by atoms with Gasteiger partial charge in [0.15, 0.2) is 5.75 Å². The maximum Gasteiger partial charge on any atom is 0.387 e. The Hall–Kier alpha value is -2.25. The van der Waals surface area contributed by atoms with Crippen molar-refractivity contribution < 1.29 is 32.6 Å². The first-order valence-electron chi connectivity index (χ1n) is 5.66. The molecule has 20 heavy (non-hydrogen) atoms. The Morgan fingerprint density at radius 1 is 1.45 bits per heavy atom. The third-order valence-electron chi connectivity index (χ3n) is 2.90. The molecule has 1 unspecified atom stereocenters. The predicted molar refractivity (Wildman–Crippen MR) is 61.1 cm³/mol. The van der Waals surface area contributed by atoms with Crippen molar-refractivity contribution in [2.45, 2.75) is 13.0 Å². The van der Waals surface area contributed by atoms with Crippen LogP contribution < -0.4 is 9.64 Å². The van der Waals surface area contributed by atoms with Crippen LogP contribution in [0.5, 0.6) is 5.75 Å². The molecular formula is C12H10F3NO4. The Bertz CT molecular complexity index is 550. The lowest BCUT2D eigenvalue weighted by Crippen LogP contribution is -2.26. The van der Waals surface area contributed by atoms with E-state index in [1.807, 2.05) is 0 Å². The Morgan fingerprint density at radius 3 is 2.70 bits per heavy atom. The Morgan fingerprint density at radius 2 is 2.15 bits per heavy atom. The fourth-order valence-corrected chi connectivity index (χ4v) is 2.01. The van der Waals surface area contributed by atoms with Crippen LogP contribution in [0.3, 0.4) is 0 Å². The molecule has 8 heteroatoms. The van der Waals surface area contributed by atoms with E-state index in [4.69, 9.17) is 5.11 Å². The van der Waals surface area contributed by atoms with Gasteiger partial charge < -0.3 is 14.7 Å². The van der Waals surface area contributed by atoms with E-state index in [1.54, 1.807) is 0 Å². The summed E-state index contributed by atoms with van der Waals surface area (Å²) in [5.41, 5.74) is -0.0690. The van der Waals surface area contributed by atoms with Crippen LogP contribution >= 0.6 is 0 Å². The first-order valence-corrected chi connectivity index (χ1v) is 5.66.